The zero-order valence-electron chi connectivity index (χ0n) is 12.3. The summed E-state index contributed by atoms with van der Waals surface area (Å²) in [5, 5.41) is 4.00. The third kappa shape index (κ3) is 7.41. The van der Waals surface area contributed by atoms with Gasteiger partial charge in [0.05, 0.1) is 11.9 Å². The third-order valence-corrected chi connectivity index (χ3v) is 3.77. The molecule has 0 saturated heterocycles. The number of nitrogens with one attached hydrogen (secondary N) is 1. The van der Waals surface area contributed by atoms with Crippen LogP contribution in [0, 0.1) is 6.92 Å². The molecule has 0 aliphatic carbocycles. The molecule has 1 aromatic rings. The molecule has 3 heteroatoms. The molecule has 1 N–H and O–H groups in total. The van der Waals surface area contributed by atoms with Crippen LogP contribution in [0.3, 0.4) is 0 Å². The zero-order valence-corrected chi connectivity index (χ0v) is 13.1. The van der Waals surface area contributed by atoms with E-state index < -0.39 is 0 Å². The molecule has 1 aromatic heterocycles. The van der Waals surface area contributed by atoms with E-state index in [0.717, 1.165) is 17.8 Å². The molecule has 0 radical (unpaired) electrons. The molecular weight excluding hydrogens is 256 g/mol. The minimum atomic E-state index is 0.595. The topological polar surface area (TPSA) is 24.9 Å². The lowest BCUT2D eigenvalue weighted by Crippen LogP contribution is -2.02. The van der Waals surface area contributed by atoms with Crippen molar-refractivity contribution in [1.29, 1.82) is 0 Å². The van der Waals surface area contributed by atoms with Gasteiger partial charge in [-0.2, -0.15) is 0 Å². The summed E-state index contributed by atoms with van der Waals surface area (Å²) in [7, 11) is 0. The molecule has 0 aromatic carbocycles. The van der Waals surface area contributed by atoms with Crippen LogP contribution in [-0.4, -0.2) is 11.5 Å². The molecule has 108 valence electrons. The van der Waals surface area contributed by atoms with Gasteiger partial charge >= 0.3 is 0 Å². The molecule has 1 rings (SSSR count). The molecule has 19 heavy (non-hydrogen) atoms. The number of aromatic nitrogens is 1. The molecule has 0 aliphatic rings. The van der Waals surface area contributed by atoms with Crippen molar-refractivity contribution in [2.45, 2.75) is 65.2 Å². The lowest BCUT2D eigenvalue weighted by atomic mass is 10.1. The number of nitrogens with zero attached hydrogens (tertiary/aromatic N) is 1. The van der Waals surface area contributed by atoms with E-state index in [-0.39, 0.29) is 0 Å². The van der Waals surface area contributed by atoms with E-state index in [1.807, 2.05) is 6.92 Å². The first-order valence-corrected chi connectivity index (χ1v) is 7.98. The van der Waals surface area contributed by atoms with Crippen molar-refractivity contribution >= 4 is 17.3 Å². The average molecular weight is 283 g/mol. The quantitative estimate of drug-likeness (QED) is 0.446. The summed E-state index contributed by atoms with van der Waals surface area (Å²) >= 11 is 5.90. The van der Waals surface area contributed by atoms with Crippen LogP contribution in [0.25, 0.3) is 0 Å². The Kier molecular flexibility index (Phi) is 8.64. The maximum atomic E-state index is 5.90. The van der Waals surface area contributed by atoms with Gasteiger partial charge in [-0.3, -0.25) is 0 Å². The minimum Gasteiger partial charge on any atom is -0.384 e. The Morgan fingerprint density at radius 1 is 1.05 bits per heavy atom. The summed E-state index contributed by atoms with van der Waals surface area (Å²) in [5.74, 6) is 0. The number of hydrogen-bond donors (Lipinski definition) is 1. The van der Waals surface area contributed by atoms with Crippen molar-refractivity contribution < 1.29 is 0 Å². The third-order valence-electron chi connectivity index (χ3n) is 3.37. The van der Waals surface area contributed by atoms with Crippen LogP contribution in [-0.2, 0) is 0 Å². The van der Waals surface area contributed by atoms with Crippen molar-refractivity contribution in [3.8, 4) is 0 Å². The van der Waals surface area contributed by atoms with Crippen LogP contribution in [0.15, 0.2) is 12.3 Å². The molecule has 0 spiro atoms. The van der Waals surface area contributed by atoms with E-state index >= 15 is 0 Å². The Morgan fingerprint density at radius 3 is 2.32 bits per heavy atom. The number of anilines is 1. The SMILES string of the molecule is CCCCCCCCCCNc1cnc(Cl)c(C)c1. The van der Waals surface area contributed by atoms with Crippen molar-refractivity contribution in [2.24, 2.45) is 0 Å². The van der Waals surface area contributed by atoms with Gasteiger partial charge in [0.1, 0.15) is 5.15 Å². The second-order valence-corrected chi connectivity index (χ2v) is 5.59. The van der Waals surface area contributed by atoms with Gasteiger partial charge in [0, 0.05) is 6.54 Å². The van der Waals surface area contributed by atoms with Crippen molar-refractivity contribution in [3.05, 3.63) is 23.0 Å². The van der Waals surface area contributed by atoms with Gasteiger partial charge in [0.15, 0.2) is 0 Å². The number of aryl methyl sites for hydroxylation is 1. The van der Waals surface area contributed by atoms with Gasteiger partial charge in [-0.05, 0) is 25.0 Å². The highest BCUT2D eigenvalue weighted by atomic mass is 35.5. The number of pyridine rings is 1. The van der Waals surface area contributed by atoms with E-state index in [9.17, 15) is 0 Å². The van der Waals surface area contributed by atoms with Crippen LogP contribution >= 0.6 is 11.6 Å². The van der Waals surface area contributed by atoms with Gasteiger partial charge in [0.2, 0.25) is 0 Å². The predicted octanol–water partition coefficient (Wildman–Crippen LogP) is 5.60. The van der Waals surface area contributed by atoms with Gasteiger partial charge in [-0.15, -0.1) is 0 Å². The van der Waals surface area contributed by atoms with E-state index in [1.54, 1.807) is 6.20 Å². The number of hydrogen-bond acceptors (Lipinski definition) is 2. The average Bonchev–Trinajstić information content (AvgIpc) is 2.41. The first-order valence-electron chi connectivity index (χ1n) is 7.60. The highest BCUT2D eigenvalue weighted by molar-refractivity contribution is 6.30. The second kappa shape index (κ2) is 10.1. The summed E-state index contributed by atoms with van der Waals surface area (Å²) in [6, 6.07) is 2.06. The van der Waals surface area contributed by atoms with Crippen LogP contribution in [0.4, 0.5) is 5.69 Å². The lowest BCUT2D eigenvalue weighted by Gasteiger charge is -2.07. The lowest BCUT2D eigenvalue weighted by molar-refractivity contribution is 0.581. The fourth-order valence-corrected chi connectivity index (χ4v) is 2.25. The van der Waals surface area contributed by atoms with Crippen molar-refractivity contribution in [1.82, 2.24) is 4.98 Å². The minimum absolute atomic E-state index is 0.595. The number of rotatable bonds is 10. The molecule has 0 saturated carbocycles. The van der Waals surface area contributed by atoms with Crippen LogP contribution in [0.2, 0.25) is 5.15 Å². The Bertz CT molecular complexity index is 353. The molecular formula is C16H27ClN2. The Labute approximate surface area is 123 Å². The summed E-state index contributed by atoms with van der Waals surface area (Å²) in [6.45, 7) is 5.27. The number of unbranched alkanes of at least 4 members (excludes halogenated alkanes) is 7. The molecule has 0 unspecified atom stereocenters. The maximum Gasteiger partial charge on any atom is 0.132 e. The molecule has 0 bridgehead atoms. The van der Waals surface area contributed by atoms with E-state index in [4.69, 9.17) is 11.6 Å². The summed E-state index contributed by atoms with van der Waals surface area (Å²) in [6.07, 6.45) is 12.6. The van der Waals surface area contributed by atoms with E-state index in [0.29, 0.717) is 5.15 Å². The van der Waals surface area contributed by atoms with E-state index in [2.05, 4.69) is 23.3 Å². The van der Waals surface area contributed by atoms with Gasteiger partial charge in [-0.1, -0.05) is 63.5 Å². The summed E-state index contributed by atoms with van der Waals surface area (Å²) in [5.41, 5.74) is 2.10. The second-order valence-electron chi connectivity index (χ2n) is 5.23. The molecule has 0 atom stereocenters. The molecule has 2 nitrogen and oxygen atoms in total. The molecule has 0 aliphatic heterocycles. The van der Waals surface area contributed by atoms with Crippen LogP contribution in [0.1, 0.15) is 63.9 Å². The number of halogens is 1. The van der Waals surface area contributed by atoms with Gasteiger partial charge in [-0.25, -0.2) is 4.98 Å². The van der Waals surface area contributed by atoms with Crippen LogP contribution < -0.4 is 5.32 Å². The van der Waals surface area contributed by atoms with Gasteiger partial charge < -0.3 is 5.32 Å². The smallest absolute Gasteiger partial charge is 0.132 e. The maximum absolute atomic E-state index is 5.90. The first-order chi connectivity index (χ1) is 9.24. The molecule has 1 heterocycles. The summed E-state index contributed by atoms with van der Waals surface area (Å²) in [4.78, 5) is 4.14. The Balaban J connectivity index is 2.00. The standard InChI is InChI=1S/C16H27ClN2/c1-3-4-5-6-7-8-9-10-11-18-15-12-14(2)16(17)19-13-15/h12-13,18H,3-11H2,1-2H3. The van der Waals surface area contributed by atoms with Crippen LogP contribution in [0.5, 0.6) is 0 Å². The van der Waals surface area contributed by atoms with Crippen molar-refractivity contribution in [3.63, 3.8) is 0 Å². The normalized spacial score (nSPS) is 10.7. The molecule has 0 amide bonds. The Hall–Kier alpha value is -0.760. The largest absolute Gasteiger partial charge is 0.384 e. The molecule has 0 fully saturated rings. The van der Waals surface area contributed by atoms with E-state index in [1.165, 1.54) is 51.4 Å². The fourth-order valence-electron chi connectivity index (χ4n) is 2.15. The Morgan fingerprint density at radius 2 is 1.68 bits per heavy atom. The predicted molar refractivity (Wildman–Crippen MR) is 85.1 cm³/mol. The first kappa shape index (κ1) is 16.3. The van der Waals surface area contributed by atoms with Gasteiger partial charge in [0.25, 0.3) is 0 Å². The summed E-state index contributed by atoms with van der Waals surface area (Å²) < 4.78 is 0. The fraction of sp³-hybridized carbons (Fsp3) is 0.688. The monoisotopic (exact) mass is 282 g/mol. The highest BCUT2D eigenvalue weighted by Gasteiger charge is 1.98. The zero-order chi connectivity index (χ0) is 13.9. The van der Waals surface area contributed by atoms with Crippen molar-refractivity contribution in [2.75, 3.05) is 11.9 Å². The highest BCUT2D eigenvalue weighted by Crippen LogP contribution is 2.16.